The highest BCUT2D eigenvalue weighted by atomic mass is 16.5. The van der Waals surface area contributed by atoms with Gasteiger partial charge >= 0.3 is 0 Å². The maximum atomic E-state index is 11.6. The number of nitrogens with zero attached hydrogens (tertiary/aromatic N) is 2. The Morgan fingerprint density at radius 2 is 2.22 bits per heavy atom. The number of methoxy groups -OCH3 is 1. The summed E-state index contributed by atoms with van der Waals surface area (Å²) in [5, 5.41) is 13.7. The number of ether oxygens (including phenoxy) is 1. The molecule has 6 nitrogen and oxygen atoms in total. The fraction of sp³-hybridized carbons (Fsp3) is 0.583. The van der Waals surface area contributed by atoms with Crippen LogP contribution in [0.5, 0.6) is 0 Å². The molecule has 2 N–H and O–H groups in total. The van der Waals surface area contributed by atoms with Crippen molar-refractivity contribution in [3.63, 3.8) is 0 Å². The summed E-state index contributed by atoms with van der Waals surface area (Å²) in [5.74, 6) is 0.437. The van der Waals surface area contributed by atoms with Gasteiger partial charge in [0.05, 0.1) is 6.61 Å². The van der Waals surface area contributed by atoms with Gasteiger partial charge in [0, 0.05) is 19.7 Å². The SMILES string of the molecule is CCC(C)Nc1ccc(C(=O)NCCOC)nn1. The van der Waals surface area contributed by atoms with Crippen LogP contribution in [0.3, 0.4) is 0 Å². The summed E-state index contributed by atoms with van der Waals surface area (Å²) < 4.78 is 4.84. The molecule has 0 aliphatic carbocycles. The normalized spacial score (nSPS) is 11.9. The number of aromatic nitrogens is 2. The minimum atomic E-state index is -0.241. The first-order valence-corrected chi connectivity index (χ1v) is 6.04. The molecular formula is C12H20N4O2. The highest BCUT2D eigenvalue weighted by Gasteiger charge is 2.07. The van der Waals surface area contributed by atoms with Gasteiger partial charge in [-0.2, -0.15) is 0 Å². The Morgan fingerprint density at radius 3 is 2.78 bits per heavy atom. The van der Waals surface area contributed by atoms with Gasteiger partial charge in [0.15, 0.2) is 5.69 Å². The van der Waals surface area contributed by atoms with Crippen molar-refractivity contribution >= 4 is 11.7 Å². The monoisotopic (exact) mass is 252 g/mol. The third kappa shape index (κ3) is 4.67. The molecular weight excluding hydrogens is 232 g/mol. The van der Waals surface area contributed by atoms with Crippen LogP contribution in [0.25, 0.3) is 0 Å². The molecule has 1 heterocycles. The first kappa shape index (κ1) is 14.4. The molecule has 0 bridgehead atoms. The zero-order chi connectivity index (χ0) is 13.4. The average molecular weight is 252 g/mol. The second-order valence-corrected chi connectivity index (χ2v) is 4.01. The highest BCUT2D eigenvalue weighted by Crippen LogP contribution is 2.05. The van der Waals surface area contributed by atoms with E-state index >= 15 is 0 Å². The predicted molar refractivity (Wildman–Crippen MR) is 69.6 cm³/mol. The standard InChI is InChI=1S/C12H20N4O2/c1-4-9(2)14-11-6-5-10(15-16-11)12(17)13-7-8-18-3/h5-6,9H,4,7-8H2,1-3H3,(H,13,17)(H,14,16). The minimum Gasteiger partial charge on any atom is -0.383 e. The van der Waals surface area contributed by atoms with Crippen molar-refractivity contribution in [1.29, 1.82) is 0 Å². The van der Waals surface area contributed by atoms with E-state index in [9.17, 15) is 4.79 Å². The van der Waals surface area contributed by atoms with Crippen molar-refractivity contribution in [2.75, 3.05) is 25.6 Å². The molecule has 0 aliphatic heterocycles. The fourth-order valence-electron chi connectivity index (χ4n) is 1.24. The third-order valence-electron chi connectivity index (χ3n) is 2.50. The predicted octanol–water partition coefficient (Wildman–Crippen LogP) is 1.06. The Bertz CT molecular complexity index is 367. The largest absolute Gasteiger partial charge is 0.383 e. The summed E-state index contributed by atoms with van der Waals surface area (Å²) in [5.41, 5.74) is 0.306. The molecule has 1 amide bonds. The summed E-state index contributed by atoms with van der Waals surface area (Å²) in [6.07, 6.45) is 1.00. The van der Waals surface area contributed by atoms with Crippen molar-refractivity contribution < 1.29 is 9.53 Å². The van der Waals surface area contributed by atoms with Gasteiger partial charge in [-0.1, -0.05) is 6.92 Å². The van der Waals surface area contributed by atoms with Gasteiger partial charge in [-0.05, 0) is 25.5 Å². The number of carbonyl (C=O) groups excluding carboxylic acids is 1. The Labute approximate surface area is 107 Å². The molecule has 1 unspecified atom stereocenters. The number of rotatable bonds is 7. The second-order valence-electron chi connectivity index (χ2n) is 4.01. The van der Waals surface area contributed by atoms with Crippen LogP contribution in [-0.2, 0) is 4.74 Å². The van der Waals surface area contributed by atoms with Crippen molar-refractivity contribution in [3.8, 4) is 0 Å². The Balaban J connectivity index is 2.51. The van der Waals surface area contributed by atoms with E-state index in [-0.39, 0.29) is 5.91 Å². The number of amides is 1. The van der Waals surface area contributed by atoms with Gasteiger partial charge in [-0.15, -0.1) is 10.2 Å². The van der Waals surface area contributed by atoms with Crippen molar-refractivity contribution in [2.24, 2.45) is 0 Å². The molecule has 1 aromatic heterocycles. The number of nitrogens with one attached hydrogen (secondary N) is 2. The zero-order valence-corrected chi connectivity index (χ0v) is 11.1. The van der Waals surface area contributed by atoms with E-state index < -0.39 is 0 Å². The van der Waals surface area contributed by atoms with E-state index in [1.54, 1.807) is 19.2 Å². The van der Waals surface area contributed by atoms with Crippen LogP contribution in [0.1, 0.15) is 30.8 Å². The first-order valence-electron chi connectivity index (χ1n) is 6.04. The molecule has 0 aliphatic rings. The van der Waals surface area contributed by atoms with Crippen molar-refractivity contribution in [1.82, 2.24) is 15.5 Å². The van der Waals surface area contributed by atoms with Crippen LogP contribution in [0.15, 0.2) is 12.1 Å². The lowest BCUT2D eigenvalue weighted by Gasteiger charge is -2.11. The van der Waals surface area contributed by atoms with Crippen molar-refractivity contribution in [3.05, 3.63) is 17.8 Å². The summed E-state index contributed by atoms with van der Waals surface area (Å²) in [7, 11) is 1.58. The van der Waals surface area contributed by atoms with Crippen molar-refractivity contribution in [2.45, 2.75) is 26.3 Å². The fourth-order valence-corrected chi connectivity index (χ4v) is 1.24. The van der Waals surface area contributed by atoms with Crippen LogP contribution in [0.4, 0.5) is 5.82 Å². The lowest BCUT2D eigenvalue weighted by molar-refractivity contribution is 0.0931. The average Bonchev–Trinajstić information content (AvgIpc) is 2.39. The smallest absolute Gasteiger partial charge is 0.271 e. The summed E-state index contributed by atoms with van der Waals surface area (Å²) in [6.45, 7) is 5.09. The van der Waals surface area contributed by atoms with Crippen LogP contribution >= 0.6 is 0 Å². The summed E-state index contributed by atoms with van der Waals surface area (Å²) >= 11 is 0. The molecule has 100 valence electrons. The van der Waals surface area contributed by atoms with Gasteiger partial charge in [-0.3, -0.25) is 4.79 Å². The zero-order valence-electron chi connectivity index (χ0n) is 11.1. The maximum absolute atomic E-state index is 11.6. The van der Waals surface area contributed by atoms with E-state index in [1.165, 1.54) is 0 Å². The molecule has 0 saturated carbocycles. The molecule has 6 heteroatoms. The number of carbonyl (C=O) groups is 1. The van der Waals surface area contributed by atoms with Crippen LogP contribution in [0, 0.1) is 0 Å². The number of hydrogen-bond acceptors (Lipinski definition) is 5. The van der Waals surface area contributed by atoms with Gasteiger partial charge < -0.3 is 15.4 Å². The first-order chi connectivity index (χ1) is 8.67. The highest BCUT2D eigenvalue weighted by molar-refractivity contribution is 5.92. The molecule has 0 radical (unpaired) electrons. The maximum Gasteiger partial charge on any atom is 0.271 e. The lowest BCUT2D eigenvalue weighted by Crippen LogP contribution is -2.28. The molecule has 1 aromatic rings. The molecule has 0 saturated heterocycles. The minimum absolute atomic E-state index is 0.241. The molecule has 1 rings (SSSR count). The molecule has 18 heavy (non-hydrogen) atoms. The Morgan fingerprint density at radius 1 is 1.44 bits per heavy atom. The summed E-state index contributed by atoms with van der Waals surface area (Å²) in [4.78, 5) is 11.6. The second kappa shape index (κ2) is 7.60. The van der Waals surface area contributed by atoms with Gasteiger partial charge in [0.25, 0.3) is 5.91 Å². The Hall–Kier alpha value is -1.69. The quantitative estimate of drug-likeness (QED) is 0.710. The third-order valence-corrected chi connectivity index (χ3v) is 2.50. The molecule has 0 fully saturated rings. The van der Waals surface area contributed by atoms with Gasteiger partial charge in [-0.25, -0.2) is 0 Å². The number of anilines is 1. The van der Waals surface area contributed by atoms with E-state index in [4.69, 9.17) is 4.74 Å². The Kier molecular flexibility index (Phi) is 6.07. The van der Waals surface area contributed by atoms with Gasteiger partial charge in [0.2, 0.25) is 0 Å². The van der Waals surface area contributed by atoms with Crippen LogP contribution < -0.4 is 10.6 Å². The number of hydrogen-bond donors (Lipinski definition) is 2. The van der Waals surface area contributed by atoms with E-state index in [2.05, 4.69) is 34.7 Å². The van der Waals surface area contributed by atoms with Crippen LogP contribution in [0.2, 0.25) is 0 Å². The summed E-state index contributed by atoms with van der Waals surface area (Å²) in [6, 6.07) is 3.74. The van der Waals surface area contributed by atoms with E-state index in [1.807, 2.05) is 0 Å². The molecule has 0 aromatic carbocycles. The molecule has 1 atom stereocenters. The van der Waals surface area contributed by atoms with Gasteiger partial charge in [0.1, 0.15) is 5.82 Å². The van der Waals surface area contributed by atoms with Crippen LogP contribution in [-0.4, -0.2) is 42.4 Å². The van der Waals surface area contributed by atoms with E-state index in [0.717, 1.165) is 6.42 Å². The van der Waals surface area contributed by atoms with E-state index in [0.29, 0.717) is 30.7 Å². The lowest BCUT2D eigenvalue weighted by atomic mass is 10.2. The topological polar surface area (TPSA) is 76.1 Å². The molecule has 0 spiro atoms.